The van der Waals surface area contributed by atoms with Gasteiger partial charge in [-0.1, -0.05) is 55.8 Å². The maximum Gasteiger partial charge on any atom is 0.0693 e. The van der Waals surface area contributed by atoms with Gasteiger partial charge in [0.15, 0.2) is 0 Å². The zero-order chi connectivity index (χ0) is 21.1. The molecule has 0 aliphatic heterocycles. The summed E-state index contributed by atoms with van der Waals surface area (Å²) in [4.78, 5) is 0. The summed E-state index contributed by atoms with van der Waals surface area (Å²) in [5.41, 5.74) is 2.70. The molecule has 0 heterocycles. The van der Waals surface area contributed by atoms with Crippen LogP contribution in [0.5, 0.6) is 0 Å². The van der Waals surface area contributed by atoms with Crippen LogP contribution < -0.4 is 0 Å². The van der Waals surface area contributed by atoms with Crippen molar-refractivity contribution in [2.24, 2.45) is 34.5 Å². The molecule has 2 heteroatoms. The number of aliphatic hydroxyl groups is 2. The number of allylic oxidation sites excluding steroid dienone is 1. The molecule has 1 aromatic carbocycles. The fourth-order valence-electron chi connectivity index (χ4n) is 8.80. The molecule has 3 fully saturated rings. The van der Waals surface area contributed by atoms with Crippen LogP contribution in [0, 0.1) is 34.5 Å². The number of fused-ring (bicyclic) bond motifs is 5. The number of aliphatic hydroxyl groups excluding tert-OH is 1. The molecule has 0 radical (unpaired) electrons. The van der Waals surface area contributed by atoms with Gasteiger partial charge in [0.2, 0.25) is 0 Å². The van der Waals surface area contributed by atoms with Gasteiger partial charge >= 0.3 is 0 Å². The monoisotopic (exact) mass is 408 g/mol. The molecular weight excluding hydrogens is 368 g/mol. The van der Waals surface area contributed by atoms with Crippen LogP contribution in [0.15, 0.2) is 42.0 Å². The summed E-state index contributed by atoms with van der Waals surface area (Å²) in [6.45, 7) is 7.12. The van der Waals surface area contributed by atoms with Crippen LogP contribution >= 0.6 is 0 Å². The fourth-order valence-corrected chi connectivity index (χ4v) is 8.80. The van der Waals surface area contributed by atoms with Gasteiger partial charge in [-0.05, 0) is 98.4 Å². The Labute approximate surface area is 182 Å². The summed E-state index contributed by atoms with van der Waals surface area (Å²) < 4.78 is 0. The molecule has 3 saturated carbocycles. The molecule has 164 valence electrons. The largest absolute Gasteiger partial charge is 0.393 e. The van der Waals surface area contributed by atoms with Crippen LogP contribution in [0.2, 0.25) is 0 Å². The number of hydrogen-bond donors (Lipinski definition) is 2. The highest BCUT2D eigenvalue weighted by Crippen LogP contribution is 2.67. The Morgan fingerprint density at radius 1 is 1.00 bits per heavy atom. The van der Waals surface area contributed by atoms with Crippen LogP contribution in [0.1, 0.15) is 77.7 Å². The van der Waals surface area contributed by atoms with E-state index in [1.165, 1.54) is 31.2 Å². The van der Waals surface area contributed by atoms with Gasteiger partial charge in [0, 0.05) is 6.42 Å². The summed E-state index contributed by atoms with van der Waals surface area (Å²) >= 11 is 0. The zero-order valence-electron chi connectivity index (χ0n) is 19.1. The van der Waals surface area contributed by atoms with Gasteiger partial charge in [0.05, 0.1) is 11.7 Å². The predicted molar refractivity (Wildman–Crippen MR) is 122 cm³/mol. The molecule has 3 unspecified atom stereocenters. The van der Waals surface area contributed by atoms with Gasteiger partial charge in [-0.25, -0.2) is 0 Å². The molecule has 0 spiro atoms. The Bertz CT molecular complexity index is 811. The normalized spacial score (nSPS) is 45.0. The van der Waals surface area contributed by atoms with Crippen molar-refractivity contribution in [3.63, 3.8) is 0 Å². The van der Waals surface area contributed by atoms with Gasteiger partial charge in [-0.3, -0.25) is 0 Å². The van der Waals surface area contributed by atoms with Crippen molar-refractivity contribution in [2.45, 2.75) is 90.3 Å². The summed E-state index contributed by atoms with van der Waals surface area (Å²) in [5.74, 6) is 2.62. The van der Waals surface area contributed by atoms with E-state index in [1.807, 2.05) is 0 Å². The number of hydrogen-bond acceptors (Lipinski definition) is 2. The minimum Gasteiger partial charge on any atom is -0.393 e. The predicted octanol–water partition coefficient (Wildman–Crippen LogP) is 5.92. The fraction of sp³-hybridized carbons (Fsp3) is 0.714. The Kier molecular flexibility index (Phi) is 4.99. The van der Waals surface area contributed by atoms with Crippen molar-refractivity contribution in [1.82, 2.24) is 0 Å². The van der Waals surface area contributed by atoms with E-state index in [2.05, 4.69) is 57.2 Å². The van der Waals surface area contributed by atoms with E-state index in [1.54, 1.807) is 5.57 Å². The Morgan fingerprint density at radius 3 is 2.53 bits per heavy atom. The third kappa shape index (κ3) is 3.13. The second kappa shape index (κ2) is 7.20. The average Bonchev–Trinajstić information content (AvgIpc) is 3.07. The first-order chi connectivity index (χ1) is 14.2. The van der Waals surface area contributed by atoms with E-state index in [4.69, 9.17) is 0 Å². The average molecular weight is 409 g/mol. The lowest BCUT2D eigenvalue weighted by molar-refractivity contribution is -0.101. The molecule has 0 aromatic heterocycles. The molecule has 0 bridgehead atoms. The maximum atomic E-state index is 11.7. The van der Waals surface area contributed by atoms with E-state index in [0.717, 1.165) is 49.9 Å². The zero-order valence-corrected chi connectivity index (χ0v) is 19.1. The van der Waals surface area contributed by atoms with Crippen molar-refractivity contribution >= 4 is 0 Å². The number of rotatable bonds is 3. The summed E-state index contributed by atoms with van der Waals surface area (Å²) in [6.07, 6.45) is 12.3. The van der Waals surface area contributed by atoms with E-state index in [0.29, 0.717) is 11.3 Å². The first-order valence-electron chi connectivity index (χ1n) is 12.4. The minimum absolute atomic E-state index is 0.126. The van der Waals surface area contributed by atoms with Gasteiger partial charge in [0.25, 0.3) is 0 Å². The molecule has 0 saturated heterocycles. The van der Waals surface area contributed by atoms with E-state index < -0.39 is 5.60 Å². The highest BCUT2D eigenvalue weighted by molar-refractivity contribution is 5.26. The molecule has 1 aromatic rings. The third-order valence-electron chi connectivity index (χ3n) is 10.2. The molecule has 4 aliphatic carbocycles. The van der Waals surface area contributed by atoms with Crippen LogP contribution in [0.4, 0.5) is 0 Å². The summed E-state index contributed by atoms with van der Waals surface area (Å²) in [7, 11) is 0. The Balaban J connectivity index is 1.40. The van der Waals surface area contributed by atoms with Gasteiger partial charge in [-0.2, -0.15) is 0 Å². The Hall–Kier alpha value is -1.12. The smallest absolute Gasteiger partial charge is 0.0693 e. The summed E-state index contributed by atoms with van der Waals surface area (Å²) in [6, 6.07) is 10.5. The lowest BCUT2D eigenvalue weighted by atomic mass is 9.46. The van der Waals surface area contributed by atoms with Crippen LogP contribution in [0.25, 0.3) is 0 Å². The van der Waals surface area contributed by atoms with Gasteiger partial charge in [0.1, 0.15) is 0 Å². The van der Waals surface area contributed by atoms with E-state index in [9.17, 15) is 10.2 Å². The molecule has 8 atom stereocenters. The highest BCUT2D eigenvalue weighted by atomic mass is 16.3. The standard InChI is InChI=1S/C28H40O2/c1-26-15-13-21(29)17-20(26)9-10-22-23-11-12-25(27(23,2)16-14-24(22)26)28(3,30)18-19-7-5-4-6-8-19/h4-9,21-25,29-30H,10-18H2,1-3H3/t21-,22?,23?,24?,25-,26-,27-,28-/m0/s1. The van der Waals surface area contributed by atoms with Crippen LogP contribution in [-0.4, -0.2) is 21.9 Å². The van der Waals surface area contributed by atoms with E-state index >= 15 is 0 Å². The first kappa shape index (κ1) is 20.8. The highest BCUT2D eigenvalue weighted by Gasteiger charge is 2.61. The lowest BCUT2D eigenvalue weighted by Gasteiger charge is -2.59. The Morgan fingerprint density at radius 2 is 1.77 bits per heavy atom. The first-order valence-corrected chi connectivity index (χ1v) is 12.4. The molecule has 4 aliphatic rings. The quantitative estimate of drug-likeness (QED) is 0.610. The lowest BCUT2D eigenvalue weighted by Crippen LogP contribution is -2.53. The van der Waals surface area contributed by atoms with Gasteiger partial charge < -0.3 is 10.2 Å². The topological polar surface area (TPSA) is 40.5 Å². The van der Waals surface area contributed by atoms with Crippen molar-refractivity contribution in [3.8, 4) is 0 Å². The molecule has 0 amide bonds. The molecule has 30 heavy (non-hydrogen) atoms. The SMILES string of the molecule is C[C@]12CC[C@H](O)CC1=CCC1C2CC[C@@]2(C)C1CC[C@@H]2[C@@](C)(O)Cc1ccccc1. The third-order valence-corrected chi connectivity index (χ3v) is 10.2. The van der Waals surface area contributed by atoms with E-state index in [-0.39, 0.29) is 11.5 Å². The minimum atomic E-state index is -0.647. The second-order valence-electron chi connectivity index (χ2n) is 11.8. The molecule has 5 rings (SSSR count). The van der Waals surface area contributed by atoms with Gasteiger partial charge in [-0.15, -0.1) is 0 Å². The van der Waals surface area contributed by atoms with Crippen molar-refractivity contribution in [3.05, 3.63) is 47.5 Å². The number of benzene rings is 1. The van der Waals surface area contributed by atoms with Crippen LogP contribution in [0.3, 0.4) is 0 Å². The van der Waals surface area contributed by atoms with Crippen molar-refractivity contribution < 1.29 is 10.2 Å². The van der Waals surface area contributed by atoms with Crippen LogP contribution in [-0.2, 0) is 6.42 Å². The molecule has 2 nitrogen and oxygen atoms in total. The summed E-state index contributed by atoms with van der Waals surface area (Å²) in [5, 5.41) is 21.9. The molecular formula is C28H40O2. The van der Waals surface area contributed by atoms with Crippen molar-refractivity contribution in [2.75, 3.05) is 0 Å². The molecule has 2 N–H and O–H groups in total. The maximum absolute atomic E-state index is 11.7. The van der Waals surface area contributed by atoms with Crippen molar-refractivity contribution in [1.29, 1.82) is 0 Å². The second-order valence-corrected chi connectivity index (χ2v) is 11.8.